The summed E-state index contributed by atoms with van der Waals surface area (Å²) in [6.07, 6.45) is 9.22. The smallest absolute Gasteiger partial charge is 0.0135 e. The van der Waals surface area contributed by atoms with E-state index in [1.165, 1.54) is 25.8 Å². The first-order valence-electron chi connectivity index (χ1n) is 6.67. The van der Waals surface area contributed by atoms with Gasteiger partial charge in [-0.25, -0.2) is 0 Å². The van der Waals surface area contributed by atoms with Crippen LogP contribution in [-0.4, -0.2) is 12.6 Å². The van der Waals surface area contributed by atoms with E-state index in [9.17, 15) is 0 Å². The van der Waals surface area contributed by atoms with Crippen LogP contribution in [-0.2, 0) is 0 Å². The molecule has 0 aromatic carbocycles. The molecule has 0 aliphatic heterocycles. The Morgan fingerprint density at radius 1 is 0.929 bits per heavy atom. The van der Waals surface area contributed by atoms with Crippen LogP contribution in [0.25, 0.3) is 0 Å². The van der Waals surface area contributed by atoms with E-state index in [-0.39, 0.29) is 0 Å². The number of hydrogen-bond donors (Lipinski definition) is 1. The summed E-state index contributed by atoms with van der Waals surface area (Å²) in [4.78, 5) is 0. The van der Waals surface area contributed by atoms with Crippen LogP contribution < -0.4 is 5.32 Å². The monoisotopic (exact) mass is 191 g/mol. The van der Waals surface area contributed by atoms with Crippen LogP contribution >= 0.6 is 0 Å². The van der Waals surface area contributed by atoms with E-state index in [1.807, 2.05) is 0 Å². The van der Waals surface area contributed by atoms with E-state index < -0.39 is 0 Å². The molecule has 1 N–H and O–H groups in total. The molecule has 0 aromatic rings. The topological polar surface area (TPSA) is 12.0 Å². The third kappa shape index (κ3) is 1.11. The third-order valence-electron chi connectivity index (χ3n) is 5.36. The zero-order chi connectivity index (χ0) is 9.12. The molecule has 4 saturated carbocycles. The van der Waals surface area contributed by atoms with Crippen molar-refractivity contribution in [2.24, 2.45) is 29.6 Å². The summed E-state index contributed by atoms with van der Waals surface area (Å²) in [5, 5.41) is 3.83. The highest BCUT2D eigenvalue weighted by Gasteiger charge is 2.64. The van der Waals surface area contributed by atoms with Gasteiger partial charge in [-0.05, 0) is 61.8 Å². The molecule has 78 valence electrons. The Hall–Kier alpha value is -0.0400. The second-order valence-electron chi connectivity index (χ2n) is 6.20. The van der Waals surface area contributed by atoms with Gasteiger partial charge < -0.3 is 5.32 Å². The first-order valence-corrected chi connectivity index (χ1v) is 6.67. The molecule has 4 rings (SSSR count). The predicted molar refractivity (Wildman–Crippen MR) is 56.9 cm³/mol. The number of hydrogen-bond acceptors (Lipinski definition) is 1. The largest absolute Gasteiger partial charge is 0.313 e. The molecule has 2 bridgehead atoms. The minimum Gasteiger partial charge on any atom is -0.313 e. The van der Waals surface area contributed by atoms with Gasteiger partial charge in [-0.1, -0.05) is 12.8 Å². The van der Waals surface area contributed by atoms with E-state index in [2.05, 4.69) is 5.32 Å². The maximum Gasteiger partial charge on any atom is 0.0135 e. The average molecular weight is 191 g/mol. The van der Waals surface area contributed by atoms with Gasteiger partial charge in [0, 0.05) is 6.04 Å². The van der Waals surface area contributed by atoms with E-state index in [0.717, 1.165) is 35.6 Å². The fraction of sp³-hybridized carbons (Fsp3) is 1.00. The maximum absolute atomic E-state index is 3.83. The van der Waals surface area contributed by atoms with Crippen molar-refractivity contribution in [2.45, 2.75) is 44.6 Å². The van der Waals surface area contributed by atoms with Crippen LogP contribution in [0.15, 0.2) is 0 Å². The van der Waals surface area contributed by atoms with E-state index in [4.69, 9.17) is 0 Å². The van der Waals surface area contributed by atoms with Gasteiger partial charge in [0.15, 0.2) is 0 Å². The molecule has 0 radical (unpaired) electrons. The molecule has 0 heterocycles. The molecular weight excluding hydrogens is 170 g/mol. The number of rotatable bonds is 4. The van der Waals surface area contributed by atoms with Crippen molar-refractivity contribution in [1.82, 2.24) is 5.32 Å². The van der Waals surface area contributed by atoms with E-state index >= 15 is 0 Å². The molecule has 4 unspecified atom stereocenters. The second kappa shape index (κ2) is 2.75. The van der Waals surface area contributed by atoms with E-state index in [1.54, 1.807) is 19.3 Å². The summed E-state index contributed by atoms with van der Waals surface area (Å²) in [5.41, 5.74) is 0. The van der Waals surface area contributed by atoms with Crippen molar-refractivity contribution in [3.05, 3.63) is 0 Å². The van der Waals surface area contributed by atoms with Crippen molar-refractivity contribution >= 4 is 0 Å². The summed E-state index contributed by atoms with van der Waals surface area (Å²) < 4.78 is 0. The lowest BCUT2D eigenvalue weighted by molar-refractivity contribution is 0.455. The van der Waals surface area contributed by atoms with Crippen molar-refractivity contribution < 1.29 is 0 Å². The van der Waals surface area contributed by atoms with Crippen molar-refractivity contribution in [2.75, 3.05) is 6.54 Å². The Labute approximate surface area is 86.6 Å². The zero-order valence-electron chi connectivity index (χ0n) is 8.91. The molecule has 4 atom stereocenters. The van der Waals surface area contributed by atoms with Crippen molar-refractivity contribution in [3.63, 3.8) is 0 Å². The van der Waals surface area contributed by atoms with Gasteiger partial charge in [0.25, 0.3) is 0 Å². The molecule has 0 saturated heterocycles. The van der Waals surface area contributed by atoms with Crippen LogP contribution in [0.3, 0.4) is 0 Å². The van der Waals surface area contributed by atoms with Crippen molar-refractivity contribution in [1.29, 1.82) is 0 Å². The zero-order valence-corrected chi connectivity index (χ0v) is 8.91. The minimum absolute atomic E-state index is 0.972. The Bertz CT molecular complexity index is 230. The van der Waals surface area contributed by atoms with Crippen molar-refractivity contribution in [3.8, 4) is 0 Å². The Morgan fingerprint density at radius 2 is 1.64 bits per heavy atom. The highest BCUT2D eigenvalue weighted by atomic mass is 15.0. The van der Waals surface area contributed by atoms with Crippen LogP contribution in [0.5, 0.6) is 0 Å². The lowest BCUT2D eigenvalue weighted by atomic mass is 10.0. The number of nitrogens with one attached hydrogen (secondary N) is 1. The fourth-order valence-corrected chi connectivity index (χ4v) is 4.46. The van der Waals surface area contributed by atoms with Crippen LogP contribution in [0, 0.1) is 29.6 Å². The highest BCUT2D eigenvalue weighted by molar-refractivity contribution is 5.16. The summed E-state index contributed by atoms with van der Waals surface area (Å²) >= 11 is 0. The van der Waals surface area contributed by atoms with Gasteiger partial charge in [-0.3, -0.25) is 0 Å². The SMILES string of the molecule is C(CC1CC1)NC1C2C3CCC(C3)C12. The molecule has 1 heteroatoms. The third-order valence-corrected chi connectivity index (χ3v) is 5.36. The standard InChI is InChI=1S/C13H21N/c1-2-8(1)5-6-14-13-11-9-3-4-10(7-9)12(11)13/h8-14H,1-7H2. The summed E-state index contributed by atoms with van der Waals surface area (Å²) in [6, 6.07) is 0.972. The summed E-state index contributed by atoms with van der Waals surface area (Å²) in [6.45, 7) is 1.32. The molecule has 0 aromatic heterocycles. The molecule has 4 aliphatic carbocycles. The van der Waals surface area contributed by atoms with Gasteiger partial charge in [-0.15, -0.1) is 0 Å². The lowest BCUT2D eigenvalue weighted by Crippen LogP contribution is -2.24. The summed E-state index contributed by atoms with van der Waals surface area (Å²) in [7, 11) is 0. The maximum atomic E-state index is 3.83. The molecule has 4 fully saturated rings. The Morgan fingerprint density at radius 3 is 2.29 bits per heavy atom. The first kappa shape index (κ1) is 8.15. The van der Waals surface area contributed by atoms with Gasteiger partial charge >= 0.3 is 0 Å². The predicted octanol–water partition coefficient (Wildman–Crippen LogP) is 2.42. The van der Waals surface area contributed by atoms with Gasteiger partial charge in [0.1, 0.15) is 0 Å². The molecule has 14 heavy (non-hydrogen) atoms. The molecule has 1 nitrogen and oxygen atoms in total. The molecule has 4 aliphatic rings. The Balaban J connectivity index is 1.29. The molecule has 0 amide bonds. The van der Waals surface area contributed by atoms with E-state index in [0.29, 0.717) is 0 Å². The van der Waals surface area contributed by atoms with Crippen LogP contribution in [0.1, 0.15) is 38.5 Å². The summed E-state index contributed by atoms with van der Waals surface area (Å²) in [5.74, 6) is 5.66. The normalized spacial score (nSPS) is 53.6. The quantitative estimate of drug-likeness (QED) is 0.719. The van der Waals surface area contributed by atoms with Crippen LogP contribution in [0.2, 0.25) is 0 Å². The fourth-order valence-electron chi connectivity index (χ4n) is 4.46. The second-order valence-corrected chi connectivity index (χ2v) is 6.20. The lowest BCUT2D eigenvalue weighted by Gasteiger charge is -2.09. The first-order chi connectivity index (χ1) is 6.93. The molecular formula is C13H21N. The highest BCUT2D eigenvalue weighted by Crippen LogP contribution is 2.65. The van der Waals surface area contributed by atoms with Gasteiger partial charge in [-0.2, -0.15) is 0 Å². The minimum atomic E-state index is 0.972. The van der Waals surface area contributed by atoms with Crippen LogP contribution in [0.4, 0.5) is 0 Å². The Kier molecular flexibility index (Phi) is 1.60. The average Bonchev–Trinajstić information content (AvgIpc) is 3.08. The number of fused-ring (bicyclic) bond motifs is 5. The molecule has 0 spiro atoms. The van der Waals surface area contributed by atoms with Gasteiger partial charge in [0.05, 0.1) is 0 Å². The van der Waals surface area contributed by atoms with Gasteiger partial charge in [0.2, 0.25) is 0 Å².